The lowest BCUT2D eigenvalue weighted by atomic mass is 10.1. The van der Waals surface area contributed by atoms with Crippen molar-refractivity contribution < 1.29 is 87.7 Å². The van der Waals surface area contributed by atoms with Gasteiger partial charge in [0, 0.05) is 84.7 Å². The van der Waals surface area contributed by atoms with Crippen LogP contribution >= 0.6 is 0 Å². The van der Waals surface area contributed by atoms with Crippen molar-refractivity contribution in [3.05, 3.63) is 124 Å². The first-order valence-corrected chi connectivity index (χ1v) is 42.0. The molecule has 0 saturated carbocycles. The molecule has 8 heterocycles. The lowest BCUT2D eigenvalue weighted by Gasteiger charge is -2.17. The van der Waals surface area contributed by atoms with E-state index in [1.54, 1.807) is 26.2 Å². The van der Waals surface area contributed by atoms with Crippen LogP contribution in [0.2, 0.25) is 0 Å². The maximum absolute atomic E-state index is 14.5. The van der Waals surface area contributed by atoms with Crippen molar-refractivity contribution >= 4 is 150 Å². The highest BCUT2D eigenvalue weighted by Gasteiger charge is 2.34. The zero-order chi connectivity index (χ0) is 74.3. The monoisotopic (exact) mass is 1570 g/mol. The summed E-state index contributed by atoms with van der Waals surface area (Å²) in [6.45, 7) is -1.43. The highest BCUT2D eigenvalue weighted by molar-refractivity contribution is 7.92. The molecule has 0 fully saturated rings. The Morgan fingerprint density at radius 2 is 1.07 bits per heavy atom. The number of nitrogens with one attached hydrogen (secondary N) is 6. The highest BCUT2D eigenvalue weighted by Crippen LogP contribution is 2.41. The van der Waals surface area contributed by atoms with Crippen LogP contribution in [0.1, 0.15) is 35.2 Å². The Morgan fingerprint density at radius 3 is 1.73 bits per heavy atom. The lowest BCUT2D eigenvalue weighted by Crippen LogP contribution is -2.41. The van der Waals surface area contributed by atoms with Crippen molar-refractivity contribution in [2.45, 2.75) is 37.3 Å². The van der Waals surface area contributed by atoms with Gasteiger partial charge in [-0.1, -0.05) is 0 Å². The largest absolute Gasteiger partial charge is 0.394 e. The molecule has 4 aliphatic rings. The van der Waals surface area contributed by atoms with E-state index in [9.17, 15) is 68.0 Å². The van der Waals surface area contributed by atoms with Crippen molar-refractivity contribution in [1.29, 1.82) is 0 Å². The standard InChI is InChI=1S/C58H63N19O20S7/c1-75(2)58-72-56(71-57(73-58)64-45-33-37(103(90,91)92)10-14-46(45)104(93,94)95)60-16-17-63-102(88,89)36-9-13-39-44(32-36)55-70-53-40-12-8-35(99(82,83)27-5-29-101(86,87)62-19-23-97-25-21-79)31-43(40)54-68-49-41-6-3-15-59-47(41)51(67-49)66-48-38-11-7-34(30-42(38)50(65-48)69-52(39)76(55)74-77(53)54)98(80,81)26-4-28-100(84,85)61-18-22-96-24-20-78/h3,6-15,30-33,61-63,74,78-79H,4-5,16-29H2,1-2H3,(H,90,91,92)(H,93,94,95)(H2,60,64,71,72,73). The molecular formula is C58H63N19O20S7. The molecule has 0 atom stereocenters. The first kappa shape index (κ1) is 74.6. The zero-order valence-corrected chi connectivity index (χ0v) is 60.2. The molecule has 39 nitrogen and oxygen atoms in total. The van der Waals surface area contributed by atoms with Gasteiger partial charge >= 0.3 is 0 Å². The first-order chi connectivity index (χ1) is 49.2. The van der Waals surface area contributed by atoms with Crippen LogP contribution in [0.3, 0.4) is 0 Å². The topological polar surface area (TPSA) is 549 Å². The third-order valence-electron chi connectivity index (χ3n) is 15.8. The van der Waals surface area contributed by atoms with Gasteiger partial charge in [-0.25, -0.2) is 101 Å². The number of aliphatic imine (C=N–C) groups is 4. The number of anilines is 4. The number of pyridine rings is 1. The number of aromatic nitrogens is 6. The lowest BCUT2D eigenvalue weighted by molar-refractivity contribution is 0.0961. The van der Waals surface area contributed by atoms with Gasteiger partial charge in [-0.2, -0.15) is 31.8 Å². The fourth-order valence-corrected chi connectivity index (χ4v) is 18.3. The van der Waals surface area contributed by atoms with Crippen molar-refractivity contribution in [3.8, 4) is 0 Å². The Balaban J connectivity index is 0.930. The summed E-state index contributed by atoms with van der Waals surface area (Å²) in [5.41, 5.74) is 3.80. The number of sulfonamides is 3. The number of amidine groups is 4. The molecule has 552 valence electrons. The molecule has 0 saturated heterocycles. The Bertz CT molecular complexity index is 5960. The summed E-state index contributed by atoms with van der Waals surface area (Å²) in [5, 5.41) is 24.1. The summed E-state index contributed by atoms with van der Waals surface area (Å²) in [6, 6.07) is 17.7. The molecule has 0 unspecified atom stereocenters. The Morgan fingerprint density at radius 1 is 0.490 bits per heavy atom. The van der Waals surface area contributed by atoms with E-state index in [0.717, 1.165) is 18.2 Å². The van der Waals surface area contributed by atoms with Crippen molar-refractivity contribution in [2.75, 3.05) is 124 Å². The third kappa shape index (κ3) is 16.2. The fraction of sp³-hybridized carbons (Fsp3) is 0.310. The molecule has 0 aliphatic carbocycles. The maximum atomic E-state index is 14.5. The fourth-order valence-electron chi connectivity index (χ4n) is 11.0. The predicted molar refractivity (Wildman–Crippen MR) is 377 cm³/mol. The van der Waals surface area contributed by atoms with Gasteiger partial charge in [0.05, 0.1) is 87.9 Å². The van der Waals surface area contributed by atoms with E-state index in [-0.39, 0.29) is 190 Å². The molecule has 4 aliphatic heterocycles. The van der Waals surface area contributed by atoms with E-state index in [4.69, 9.17) is 49.6 Å². The number of aliphatic hydroxyl groups is 2. The molecule has 12 rings (SSSR count). The van der Waals surface area contributed by atoms with Gasteiger partial charge in [0.25, 0.3) is 20.2 Å². The zero-order valence-electron chi connectivity index (χ0n) is 54.5. The van der Waals surface area contributed by atoms with Crippen LogP contribution in [0, 0.1) is 0 Å². The second kappa shape index (κ2) is 29.4. The van der Waals surface area contributed by atoms with Crippen LogP contribution in [-0.4, -0.2) is 234 Å². The average Bonchev–Trinajstić information content (AvgIpc) is 1.54. The molecule has 4 aromatic carbocycles. The number of benzene rings is 4. The molecule has 4 aromatic heterocycles. The quantitative estimate of drug-likeness (QED) is 0.0174. The molecule has 0 amide bonds. The molecule has 8 aromatic rings. The minimum atomic E-state index is -5.00. The van der Waals surface area contributed by atoms with Crippen LogP contribution in [0.4, 0.5) is 35.2 Å². The SMILES string of the molecule is CN(C)c1nc(NCCNS(=O)(=O)c2ccc3c4n5c(c3c2)N=c2c3ccc(S(=O)(=O)CCCS(=O)(=O)NCCOCCO)cc3c(n2N5)=NC2=NC(=NC3=NC(=N4)c4cc(S(=O)(=O)CCCS(=O)(=O)NCCOCCO)ccc43)c3ncccc32)nc(Nc2cc(S(=O)(=O)O)ccc2S(=O)(=O)O)n1. The van der Waals surface area contributed by atoms with Gasteiger partial charge in [-0.15, -0.1) is 0 Å². The molecule has 0 spiro atoms. The molecular weight excluding hydrogens is 1510 g/mol. The minimum Gasteiger partial charge on any atom is -0.394 e. The van der Waals surface area contributed by atoms with E-state index in [1.165, 1.54) is 75.0 Å². The number of rotatable bonds is 33. The highest BCUT2D eigenvalue weighted by atomic mass is 32.2. The third-order valence-corrected chi connectivity index (χ3v) is 25.5. The molecule has 104 heavy (non-hydrogen) atoms. The molecule has 46 heteroatoms. The first-order valence-electron chi connectivity index (χ1n) is 31.1. The van der Waals surface area contributed by atoms with Crippen LogP contribution in [0.5, 0.6) is 0 Å². The number of aliphatic hydroxyl groups excluding tert-OH is 2. The maximum Gasteiger partial charge on any atom is 0.296 e. The van der Waals surface area contributed by atoms with Gasteiger partial charge in [-0.05, 0) is 97.8 Å². The van der Waals surface area contributed by atoms with Crippen LogP contribution in [0.15, 0.2) is 146 Å². The van der Waals surface area contributed by atoms with Crippen molar-refractivity contribution in [3.63, 3.8) is 0 Å². The number of nitrogens with zero attached hydrogens (tertiary/aromatic N) is 13. The van der Waals surface area contributed by atoms with Crippen molar-refractivity contribution in [1.82, 2.24) is 43.5 Å². The minimum absolute atomic E-state index is 0.00407. The Hall–Kier alpha value is -9.11. The van der Waals surface area contributed by atoms with E-state index in [0.29, 0.717) is 5.56 Å². The van der Waals surface area contributed by atoms with Gasteiger partial charge in [-0.3, -0.25) is 14.1 Å². The molecule has 0 radical (unpaired) electrons. The van der Waals surface area contributed by atoms with Gasteiger partial charge in [0.15, 0.2) is 65.6 Å². The van der Waals surface area contributed by atoms with Gasteiger partial charge in [0.1, 0.15) is 10.6 Å². The second-order valence-corrected chi connectivity index (χ2v) is 35.9. The Labute approximate surface area is 593 Å². The van der Waals surface area contributed by atoms with E-state index < -0.39 is 114 Å². The average molecular weight is 1570 g/mol. The summed E-state index contributed by atoms with van der Waals surface area (Å²) in [5.74, 6) is -3.13. The smallest absolute Gasteiger partial charge is 0.296 e. The van der Waals surface area contributed by atoms with Crippen molar-refractivity contribution in [2.24, 2.45) is 30.0 Å². The van der Waals surface area contributed by atoms with E-state index in [2.05, 4.69) is 50.3 Å². The molecule has 6 bridgehead atoms. The number of hydrogen-bond donors (Lipinski definition) is 10. The molecule has 10 N–H and O–H groups in total. The summed E-state index contributed by atoms with van der Waals surface area (Å²) < 4.78 is 226. The van der Waals surface area contributed by atoms with Gasteiger partial charge < -0.3 is 35.2 Å². The van der Waals surface area contributed by atoms with Crippen LogP contribution in [0.25, 0.3) is 21.5 Å². The van der Waals surface area contributed by atoms with E-state index in [1.807, 2.05) is 0 Å². The number of sulfone groups is 2. The van der Waals surface area contributed by atoms with E-state index >= 15 is 0 Å². The van der Waals surface area contributed by atoms with Crippen LogP contribution in [-0.2, 0) is 79.5 Å². The second-order valence-electron chi connectivity index (χ2n) is 23.2. The summed E-state index contributed by atoms with van der Waals surface area (Å²) in [7, 11) is -27.8. The predicted octanol–water partition coefficient (Wildman–Crippen LogP) is -0.996. The summed E-state index contributed by atoms with van der Waals surface area (Å²) in [4.78, 5) is 46.1. The normalized spacial score (nSPS) is 14.3. The van der Waals surface area contributed by atoms with Gasteiger partial charge in [0.2, 0.25) is 47.9 Å². The van der Waals surface area contributed by atoms with Crippen LogP contribution < -0.4 is 46.2 Å². The number of fused-ring (bicyclic) bond motifs is 14. The summed E-state index contributed by atoms with van der Waals surface area (Å²) in [6.07, 6.45) is 0.855. The summed E-state index contributed by atoms with van der Waals surface area (Å²) >= 11 is 0. The number of hydrogen-bond acceptors (Lipinski definition) is 32. The number of ether oxygens (including phenoxy) is 2. The Kier molecular flexibility index (Phi) is 21.1.